The highest BCUT2D eigenvalue weighted by molar-refractivity contribution is 6.32. The van der Waals surface area contributed by atoms with E-state index in [9.17, 15) is 4.79 Å². The topological polar surface area (TPSA) is 75.4 Å². The Morgan fingerprint density at radius 1 is 1.10 bits per heavy atom. The van der Waals surface area contributed by atoms with E-state index in [4.69, 9.17) is 21.1 Å². The summed E-state index contributed by atoms with van der Waals surface area (Å²) in [5.41, 5.74) is 4.51. The average Bonchev–Trinajstić information content (AvgIpc) is 3.03. The van der Waals surface area contributed by atoms with Gasteiger partial charge in [0.15, 0.2) is 11.5 Å². The van der Waals surface area contributed by atoms with Crippen molar-refractivity contribution >= 4 is 28.5 Å². The minimum absolute atomic E-state index is 0.175. The molecule has 29 heavy (non-hydrogen) atoms. The lowest BCUT2D eigenvalue weighted by atomic mass is 10.1. The van der Waals surface area contributed by atoms with Crippen LogP contribution in [0.2, 0.25) is 5.02 Å². The molecule has 2 aromatic carbocycles. The molecule has 152 valence electrons. The second-order valence-corrected chi connectivity index (χ2v) is 7.47. The van der Waals surface area contributed by atoms with Crippen molar-refractivity contribution in [2.45, 2.75) is 19.8 Å². The number of hydrogen-bond donors (Lipinski definition) is 3. The van der Waals surface area contributed by atoms with Crippen LogP contribution in [0.15, 0.2) is 36.4 Å². The molecule has 3 N–H and O–H groups in total. The summed E-state index contributed by atoms with van der Waals surface area (Å²) < 4.78 is 11.1. The van der Waals surface area contributed by atoms with Crippen LogP contribution in [0.5, 0.6) is 11.5 Å². The molecule has 1 aliphatic rings. The number of aromatic amines is 1. The van der Waals surface area contributed by atoms with E-state index in [2.05, 4.69) is 34.7 Å². The molecule has 7 heteroatoms. The molecule has 0 atom stereocenters. The van der Waals surface area contributed by atoms with Crippen molar-refractivity contribution in [3.8, 4) is 11.5 Å². The van der Waals surface area contributed by atoms with E-state index >= 15 is 0 Å². The standard InChI is InChI=1S/C22H24ClN3O3/c1-14-16(17-4-2-3-5-19(17)26-14)7-9-25-22(27)24-8-6-15-12-18(23)21-20(13-15)28-10-11-29-21/h2-5,12-13,26H,6-11H2,1H3,(H2,24,25,27). The lowest BCUT2D eigenvalue weighted by molar-refractivity contribution is 0.171. The van der Waals surface area contributed by atoms with Crippen molar-refractivity contribution in [2.24, 2.45) is 0 Å². The Kier molecular flexibility index (Phi) is 5.81. The Morgan fingerprint density at radius 3 is 2.72 bits per heavy atom. The Labute approximate surface area is 174 Å². The Hall–Kier alpha value is -2.86. The maximum atomic E-state index is 12.1. The molecule has 6 nitrogen and oxygen atoms in total. The molecule has 0 saturated carbocycles. The van der Waals surface area contributed by atoms with Gasteiger partial charge in [-0.1, -0.05) is 29.8 Å². The molecule has 2 amide bonds. The normalized spacial score (nSPS) is 12.8. The first kappa shape index (κ1) is 19.5. The third kappa shape index (κ3) is 4.43. The van der Waals surface area contributed by atoms with Gasteiger partial charge in [0.25, 0.3) is 0 Å². The molecule has 0 bridgehead atoms. The molecule has 4 rings (SSSR count). The highest BCUT2D eigenvalue weighted by atomic mass is 35.5. The summed E-state index contributed by atoms with van der Waals surface area (Å²) in [6.45, 7) is 4.17. The van der Waals surface area contributed by atoms with Crippen LogP contribution in [-0.2, 0) is 12.8 Å². The second kappa shape index (κ2) is 8.66. The van der Waals surface area contributed by atoms with Gasteiger partial charge in [-0.15, -0.1) is 0 Å². The SMILES string of the molecule is Cc1[nH]c2ccccc2c1CCNC(=O)NCCc1cc(Cl)c2c(c1)OCCO2. The van der Waals surface area contributed by atoms with Gasteiger partial charge in [0.1, 0.15) is 13.2 Å². The number of nitrogens with one attached hydrogen (secondary N) is 3. The van der Waals surface area contributed by atoms with Gasteiger partial charge in [0, 0.05) is 29.7 Å². The van der Waals surface area contributed by atoms with Gasteiger partial charge >= 0.3 is 6.03 Å². The Bertz CT molecular complexity index is 1030. The summed E-state index contributed by atoms with van der Waals surface area (Å²) >= 11 is 6.25. The number of ether oxygens (including phenoxy) is 2. The number of hydrogen-bond acceptors (Lipinski definition) is 3. The quantitative estimate of drug-likeness (QED) is 0.572. The zero-order chi connectivity index (χ0) is 20.2. The van der Waals surface area contributed by atoms with Gasteiger partial charge in [0.2, 0.25) is 0 Å². The second-order valence-electron chi connectivity index (χ2n) is 7.06. The summed E-state index contributed by atoms with van der Waals surface area (Å²) in [5, 5.41) is 7.56. The molecule has 1 aliphatic heterocycles. The van der Waals surface area contributed by atoms with Crippen molar-refractivity contribution in [3.05, 3.63) is 58.2 Å². The van der Waals surface area contributed by atoms with Crippen LogP contribution in [0, 0.1) is 6.92 Å². The summed E-state index contributed by atoms with van der Waals surface area (Å²) in [6, 6.07) is 11.8. The smallest absolute Gasteiger partial charge is 0.314 e. The fraction of sp³-hybridized carbons (Fsp3) is 0.318. The third-order valence-electron chi connectivity index (χ3n) is 5.04. The molecule has 0 saturated heterocycles. The van der Waals surface area contributed by atoms with Crippen LogP contribution in [0.4, 0.5) is 4.79 Å². The fourth-order valence-corrected chi connectivity index (χ4v) is 3.94. The average molecular weight is 414 g/mol. The van der Waals surface area contributed by atoms with Crippen molar-refractivity contribution in [1.29, 1.82) is 0 Å². The first-order valence-corrected chi connectivity index (χ1v) is 10.2. The predicted molar refractivity (Wildman–Crippen MR) is 114 cm³/mol. The number of carbonyl (C=O) groups excluding carboxylic acids is 1. The molecular weight excluding hydrogens is 390 g/mol. The molecule has 0 aliphatic carbocycles. The van der Waals surface area contributed by atoms with Crippen molar-refractivity contribution in [3.63, 3.8) is 0 Å². The first-order chi connectivity index (χ1) is 14.1. The van der Waals surface area contributed by atoms with E-state index < -0.39 is 0 Å². The van der Waals surface area contributed by atoms with Crippen LogP contribution < -0.4 is 20.1 Å². The highest BCUT2D eigenvalue weighted by Crippen LogP contribution is 2.38. The Morgan fingerprint density at radius 2 is 1.86 bits per heavy atom. The van der Waals surface area contributed by atoms with Crippen LogP contribution >= 0.6 is 11.6 Å². The van der Waals surface area contributed by atoms with Gasteiger partial charge in [-0.2, -0.15) is 0 Å². The molecule has 0 unspecified atom stereocenters. The van der Waals surface area contributed by atoms with Gasteiger partial charge in [0.05, 0.1) is 5.02 Å². The Balaban J connectivity index is 1.24. The number of halogens is 1. The number of H-pyrrole nitrogens is 1. The number of rotatable bonds is 6. The number of fused-ring (bicyclic) bond motifs is 2. The number of urea groups is 1. The molecule has 0 spiro atoms. The summed E-state index contributed by atoms with van der Waals surface area (Å²) in [5.74, 6) is 1.26. The molecule has 1 aromatic heterocycles. The summed E-state index contributed by atoms with van der Waals surface area (Å²) in [6.07, 6.45) is 1.44. The minimum atomic E-state index is -0.175. The van der Waals surface area contributed by atoms with Crippen LogP contribution in [-0.4, -0.2) is 37.3 Å². The molecule has 0 fully saturated rings. The lowest BCUT2D eigenvalue weighted by Gasteiger charge is -2.20. The van der Waals surface area contributed by atoms with Gasteiger partial charge < -0.3 is 25.1 Å². The number of carbonyl (C=O) groups is 1. The van der Waals surface area contributed by atoms with Crippen molar-refractivity contribution in [1.82, 2.24) is 15.6 Å². The van der Waals surface area contributed by atoms with Gasteiger partial charge in [-0.05, 0) is 49.1 Å². The van der Waals surface area contributed by atoms with Crippen LogP contribution in [0.1, 0.15) is 16.8 Å². The van der Waals surface area contributed by atoms with E-state index in [1.165, 1.54) is 10.9 Å². The molecule has 0 radical (unpaired) electrons. The molecule has 3 aromatic rings. The number of aryl methyl sites for hydroxylation is 1. The number of aromatic nitrogens is 1. The fourth-order valence-electron chi connectivity index (χ4n) is 3.65. The summed E-state index contributed by atoms with van der Waals surface area (Å²) in [4.78, 5) is 15.5. The van der Waals surface area contributed by atoms with Gasteiger partial charge in [-0.3, -0.25) is 0 Å². The van der Waals surface area contributed by atoms with E-state index in [0.29, 0.717) is 49.2 Å². The highest BCUT2D eigenvalue weighted by Gasteiger charge is 2.16. The maximum Gasteiger partial charge on any atom is 0.314 e. The van der Waals surface area contributed by atoms with Gasteiger partial charge in [-0.25, -0.2) is 4.79 Å². The lowest BCUT2D eigenvalue weighted by Crippen LogP contribution is -2.37. The molecule has 2 heterocycles. The largest absolute Gasteiger partial charge is 0.486 e. The number of benzene rings is 2. The van der Waals surface area contributed by atoms with E-state index in [-0.39, 0.29) is 6.03 Å². The van der Waals surface area contributed by atoms with E-state index in [0.717, 1.165) is 23.2 Å². The van der Waals surface area contributed by atoms with E-state index in [1.807, 2.05) is 24.3 Å². The third-order valence-corrected chi connectivity index (χ3v) is 5.32. The number of para-hydroxylation sites is 1. The maximum absolute atomic E-state index is 12.1. The van der Waals surface area contributed by atoms with Crippen molar-refractivity contribution in [2.75, 3.05) is 26.3 Å². The number of amides is 2. The van der Waals surface area contributed by atoms with Crippen LogP contribution in [0.3, 0.4) is 0 Å². The van der Waals surface area contributed by atoms with Crippen LogP contribution in [0.25, 0.3) is 10.9 Å². The summed E-state index contributed by atoms with van der Waals surface area (Å²) in [7, 11) is 0. The predicted octanol–water partition coefficient (Wildman–Crippen LogP) is 3.99. The van der Waals surface area contributed by atoms with E-state index in [1.54, 1.807) is 0 Å². The zero-order valence-corrected chi connectivity index (χ0v) is 17.1. The van der Waals surface area contributed by atoms with Crippen molar-refractivity contribution < 1.29 is 14.3 Å². The molecular formula is C22H24ClN3O3. The zero-order valence-electron chi connectivity index (χ0n) is 16.3. The minimum Gasteiger partial charge on any atom is -0.486 e. The first-order valence-electron chi connectivity index (χ1n) is 9.77. The monoisotopic (exact) mass is 413 g/mol.